The molecule has 4 nitrogen and oxygen atoms in total. The molecule has 0 aromatic heterocycles. The zero-order valence-corrected chi connectivity index (χ0v) is 7.73. The zero-order valence-electron chi connectivity index (χ0n) is 6.91. The molecule has 2 aliphatic heterocycles. The van der Waals surface area contributed by atoms with Crippen LogP contribution in [0.4, 0.5) is 0 Å². The van der Waals surface area contributed by atoms with E-state index in [1.165, 1.54) is 0 Å². The van der Waals surface area contributed by atoms with Crippen LogP contribution in [0.15, 0.2) is 0 Å². The Labute approximate surface area is 72.4 Å². The molecule has 0 saturated carbocycles. The largest absolute Gasteiger partial charge is 0.325 e. The van der Waals surface area contributed by atoms with E-state index in [9.17, 15) is 8.42 Å². The van der Waals surface area contributed by atoms with Crippen molar-refractivity contribution in [1.82, 2.24) is 5.32 Å². The van der Waals surface area contributed by atoms with Gasteiger partial charge in [-0.05, 0) is 25.9 Å². The van der Waals surface area contributed by atoms with Gasteiger partial charge in [-0.1, -0.05) is 0 Å². The maximum atomic E-state index is 11.5. The fraction of sp³-hybridized carbons (Fsp3) is 1.00. The summed E-state index contributed by atoms with van der Waals surface area (Å²) in [5, 5.41) is 3.15. The van der Waals surface area contributed by atoms with Gasteiger partial charge < -0.3 is 11.1 Å². The number of hydrogen-bond acceptors (Lipinski definition) is 4. The fourth-order valence-corrected chi connectivity index (χ4v) is 4.41. The molecule has 12 heavy (non-hydrogen) atoms. The summed E-state index contributed by atoms with van der Waals surface area (Å²) in [6.07, 6.45) is 1.38. The van der Waals surface area contributed by atoms with E-state index in [0.717, 1.165) is 13.1 Å². The highest BCUT2D eigenvalue weighted by molar-refractivity contribution is 7.94. The van der Waals surface area contributed by atoms with E-state index in [1.807, 2.05) is 0 Å². The van der Waals surface area contributed by atoms with Crippen LogP contribution in [-0.2, 0) is 9.84 Å². The van der Waals surface area contributed by atoms with Gasteiger partial charge >= 0.3 is 0 Å². The molecule has 70 valence electrons. The van der Waals surface area contributed by atoms with Gasteiger partial charge in [0.25, 0.3) is 0 Å². The predicted octanol–water partition coefficient (Wildman–Crippen LogP) is -1.14. The first kappa shape index (κ1) is 8.47. The smallest absolute Gasteiger partial charge is 0.159 e. The van der Waals surface area contributed by atoms with Gasteiger partial charge in [-0.25, -0.2) is 8.42 Å². The van der Waals surface area contributed by atoms with Gasteiger partial charge in [0.05, 0.1) is 10.5 Å². The molecule has 1 atom stereocenters. The highest BCUT2D eigenvalue weighted by Crippen LogP contribution is 2.40. The molecular formula is C7H14N2O2S. The first-order valence-electron chi connectivity index (χ1n) is 4.27. The van der Waals surface area contributed by atoms with Crippen LogP contribution >= 0.6 is 0 Å². The van der Waals surface area contributed by atoms with Crippen LogP contribution in [0, 0.1) is 0 Å². The lowest BCUT2D eigenvalue weighted by Crippen LogP contribution is -2.70. The SMILES string of the molecule is NC1CS(=O)(=O)C12CCNCC2. The third-order valence-electron chi connectivity index (χ3n) is 3.14. The second kappa shape index (κ2) is 2.43. The lowest BCUT2D eigenvalue weighted by molar-refractivity contribution is 0.316. The fourth-order valence-electron chi connectivity index (χ4n) is 2.22. The van der Waals surface area contributed by atoms with Gasteiger partial charge in [-0.2, -0.15) is 0 Å². The Hall–Kier alpha value is -0.130. The molecule has 0 bridgehead atoms. The van der Waals surface area contributed by atoms with Crippen molar-refractivity contribution in [1.29, 1.82) is 0 Å². The maximum Gasteiger partial charge on any atom is 0.159 e. The predicted molar refractivity (Wildman–Crippen MR) is 46.6 cm³/mol. The van der Waals surface area contributed by atoms with Crippen molar-refractivity contribution in [3.05, 3.63) is 0 Å². The second-order valence-electron chi connectivity index (χ2n) is 3.70. The number of nitrogens with two attached hydrogens (primary N) is 1. The Morgan fingerprint density at radius 1 is 1.33 bits per heavy atom. The molecule has 2 fully saturated rings. The zero-order chi connectivity index (χ0) is 8.82. The van der Waals surface area contributed by atoms with Crippen LogP contribution in [0.1, 0.15) is 12.8 Å². The molecule has 5 heteroatoms. The molecule has 2 rings (SSSR count). The number of nitrogens with one attached hydrogen (secondary N) is 1. The van der Waals surface area contributed by atoms with Crippen LogP contribution in [0.2, 0.25) is 0 Å². The summed E-state index contributed by atoms with van der Waals surface area (Å²) in [5.41, 5.74) is 5.76. The van der Waals surface area contributed by atoms with Crippen molar-refractivity contribution in [2.24, 2.45) is 5.73 Å². The van der Waals surface area contributed by atoms with Gasteiger partial charge in [-0.3, -0.25) is 0 Å². The molecule has 2 heterocycles. The normalized spacial score (nSPS) is 37.6. The summed E-state index contributed by atoms with van der Waals surface area (Å²) in [4.78, 5) is 0. The lowest BCUT2D eigenvalue weighted by Gasteiger charge is -2.49. The molecule has 1 unspecified atom stereocenters. The molecule has 3 N–H and O–H groups in total. The molecule has 2 saturated heterocycles. The van der Waals surface area contributed by atoms with Gasteiger partial charge in [-0.15, -0.1) is 0 Å². The highest BCUT2D eigenvalue weighted by atomic mass is 32.2. The molecule has 1 spiro atoms. The van der Waals surface area contributed by atoms with Crippen molar-refractivity contribution in [3.63, 3.8) is 0 Å². The van der Waals surface area contributed by atoms with Crippen molar-refractivity contribution >= 4 is 9.84 Å². The van der Waals surface area contributed by atoms with Crippen molar-refractivity contribution < 1.29 is 8.42 Å². The van der Waals surface area contributed by atoms with Crippen molar-refractivity contribution in [3.8, 4) is 0 Å². The average molecular weight is 190 g/mol. The third kappa shape index (κ3) is 0.870. The van der Waals surface area contributed by atoms with E-state index in [2.05, 4.69) is 5.32 Å². The summed E-state index contributed by atoms with van der Waals surface area (Å²) in [6, 6.07) is -0.121. The van der Waals surface area contributed by atoms with Gasteiger partial charge in [0, 0.05) is 6.04 Å². The van der Waals surface area contributed by atoms with Crippen LogP contribution < -0.4 is 11.1 Å². The van der Waals surface area contributed by atoms with E-state index >= 15 is 0 Å². The van der Waals surface area contributed by atoms with E-state index in [1.54, 1.807) is 0 Å². The Kier molecular flexibility index (Phi) is 1.72. The van der Waals surface area contributed by atoms with Crippen molar-refractivity contribution in [2.75, 3.05) is 18.8 Å². The number of sulfone groups is 1. The monoisotopic (exact) mass is 190 g/mol. The first-order chi connectivity index (χ1) is 5.58. The highest BCUT2D eigenvalue weighted by Gasteiger charge is 2.58. The summed E-state index contributed by atoms with van der Waals surface area (Å²) >= 11 is 0. The van der Waals surface area contributed by atoms with Gasteiger partial charge in [0.15, 0.2) is 9.84 Å². The van der Waals surface area contributed by atoms with E-state index < -0.39 is 14.6 Å². The van der Waals surface area contributed by atoms with Crippen LogP contribution in [0.5, 0.6) is 0 Å². The Balaban J connectivity index is 2.28. The molecule has 0 amide bonds. The van der Waals surface area contributed by atoms with Crippen LogP contribution in [0.25, 0.3) is 0 Å². The third-order valence-corrected chi connectivity index (χ3v) is 5.89. The molecular weight excluding hydrogens is 176 g/mol. The Morgan fingerprint density at radius 3 is 2.25 bits per heavy atom. The Bertz CT molecular complexity index is 280. The molecule has 0 radical (unpaired) electrons. The molecule has 0 aromatic rings. The second-order valence-corrected chi connectivity index (χ2v) is 6.08. The minimum atomic E-state index is -2.86. The minimum absolute atomic E-state index is 0.121. The number of hydrogen-bond donors (Lipinski definition) is 2. The van der Waals surface area contributed by atoms with E-state index in [0.29, 0.717) is 12.8 Å². The minimum Gasteiger partial charge on any atom is -0.325 e. The number of rotatable bonds is 0. The molecule has 0 aliphatic carbocycles. The summed E-state index contributed by atoms with van der Waals surface area (Å²) in [5.74, 6) is 0.188. The quantitative estimate of drug-likeness (QED) is 0.507. The molecule has 2 aliphatic rings. The van der Waals surface area contributed by atoms with Crippen LogP contribution in [0.3, 0.4) is 0 Å². The molecule has 0 aromatic carbocycles. The summed E-state index contributed by atoms with van der Waals surface area (Å²) < 4.78 is 22.4. The van der Waals surface area contributed by atoms with Crippen LogP contribution in [-0.4, -0.2) is 38.0 Å². The summed E-state index contributed by atoms with van der Waals surface area (Å²) in [6.45, 7) is 1.57. The standard InChI is InChI=1S/C7H14N2O2S/c8-6-5-12(10,11)7(6)1-3-9-4-2-7/h6,9H,1-5,8H2. The average Bonchev–Trinajstić information content (AvgIpc) is 2.05. The summed E-state index contributed by atoms with van der Waals surface area (Å²) in [7, 11) is -2.86. The lowest BCUT2D eigenvalue weighted by atomic mass is 9.89. The first-order valence-corrected chi connectivity index (χ1v) is 5.92. The van der Waals surface area contributed by atoms with Crippen molar-refractivity contribution in [2.45, 2.75) is 23.6 Å². The van der Waals surface area contributed by atoms with E-state index in [4.69, 9.17) is 5.73 Å². The van der Waals surface area contributed by atoms with Gasteiger partial charge in [0.2, 0.25) is 0 Å². The topological polar surface area (TPSA) is 72.2 Å². The Morgan fingerprint density at radius 2 is 1.92 bits per heavy atom. The van der Waals surface area contributed by atoms with Gasteiger partial charge in [0.1, 0.15) is 0 Å². The maximum absolute atomic E-state index is 11.5. The van der Waals surface area contributed by atoms with E-state index in [-0.39, 0.29) is 11.8 Å². The number of piperidine rings is 1.